The topological polar surface area (TPSA) is 111 Å². The molecular formula is C36H46N2O6. The maximum Gasteiger partial charge on any atom is 0.234 e. The van der Waals surface area contributed by atoms with E-state index < -0.39 is 23.9 Å². The van der Waals surface area contributed by atoms with Gasteiger partial charge in [-0.05, 0) is 72.9 Å². The van der Waals surface area contributed by atoms with Gasteiger partial charge in [-0.1, -0.05) is 61.0 Å². The number of imide groups is 1. The number of hydrogen-bond donors (Lipinski definition) is 3. The number of piperidine rings is 1. The minimum absolute atomic E-state index is 0.149. The number of aliphatic hydroxyl groups excluding tert-OH is 2. The van der Waals surface area contributed by atoms with Gasteiger partial charge in [-0.15, -0.1) is 0 Å². The van der Waals surface area contributed by atoms with Gasteiger partial charge in [0, 0.05) is 38.7 Å². The summed E-state index contributed by atoms with van der Waals surface area (Å²) in [4.78, 5) is 31.7. The molecule has 236 valence electrons. The number of nitrogens with zero attached hydrogens (tertiary/aromatic N) is 2. The first kappa shape index (κ1) is 32.1. The molecule has 0 unspecified atom stereocenters. The fourth-order valence-electron chi connectivity index (χ4n) is 7.51. The van der Waals surface area contributed by atoms with Crippen LogP contribution in [0, 0.1) is 17.8 Å². The SMILES string of the molecule is CC/C(=C\c1cccc(O)c1)CC[C@@H](O)C1=C(COC)C[C@H]2C(=O)N(C3CCN(Cc4ccccc4)CC3)C(=O)[C@H]2[C@H]1CO. The predicted octanol–water partition coefficient (Wildman–Crippen LogP) is 4.55. The number of phenolic OH excluding ortho intramolecular Hbond substituents is 1. The lowest BCUT2D eigenvalue weighted by Gasteiger charge is -2.37. The molecule has 0 spiro atoms. The van der Waals surface area contributed by atoms with Gasteiger partial charge in [-0.25, -0.2) is 0 Å². The van der Waals surface area contributed by atoms with E-state index in [0.717, 1.165) is 55.6 Å². The number of amides is 2. The Morgan fingerprint density at radius 1 is 1.07 bits per heavy atom. The largest absolute Gasteiger partial charge is 0.508 e. The summed E-state index contributed by atoms with van der Waals surface area (Å²) in [6.45, 7) is 4.45. The van der Waals surface area contributed by atoms with Crippen LogP contribution in [0.1, 0.15) is 56.6 Å². The summed E-state index contributed by atoms with van der Waals surface area (Å²) in [6, 6.07) is 17.2. The fourth-order valence-corrected chi connectivity index (χ4v) is 7.51. The highest BCUT2D eigenvalue weighted by molar-refractivity contribution is 6.06. The Morgan fingerprint density at radius 3 is 2.48 bits per heavy atom. The summed E-state index contributed by atoms with van der Waals surface area (Å²) in [7, 11) is 1.58. The number of rotatable bonds is 12. The first-order valence-corrected chi connectivity index (χ1v) is 16.0. The average Bonchev–Trinajstić information content (AvgIpc) is 3.28. The first-order chi connectivity index (χ1) is 21.3. The van der Waals surface area contributed by atoms with Crippen LogP contribution in [-0.4, -0.2) is 82.5 Å². The summed E-state index contributed by atoms with van der Waals surface area (Å²) in [5, 5.41) is 32.0. The van der Waals surface area contributed by atoms with E-state index in [2.05, 4.69) is 24.0 Å². The molecule has 1 aliphatic carbocycles. The lowest BCUT2D eigenvalue weighted by molar-refractivity contribution is -0.144. The van der Waals surface area contributed by atoms with Crippen LogP contribution in [0.5, 0.6) is 5.75 Å². The van der Waals surface area contributed by atoms with E-state index in [0.29, 0.717) is 24.8 Å². The molecule has 2 amide bonds. The maximum absolute atomic E-state index is 14.0. The van der Waals surface area contributed by atoms with Crippen LogP contribution in [0.2, 0.25) is 0 Å². The monoisotopic (exact) mass is 602 g/mol. The molecule has 0 radical (unpaired) electrons. The van der Waals surface area contributed by atoms with E-state index in [1.165, 1.54) is 10.5 Å². The molecule has 0 saturated carbocycles. The van der Waals surface area contributed by atoms with E-state index in [1.807, 2.05) is 30.3 Å². The zero-order chi connectivity index (χ0) is 31.2. The minimum atomic E-state index is -0.879. The van der Waals surface area contributed by atoms with Crippen molar-refractivity contribution < 1.29 is 29.6 Å². The molecule has 0 bridgehead atoms. The summed E-state index contributed by atoms with van der Waals surface area (Å²) in [5.41, 5.74) is 4.74. The second kappa shape index (κ2) is 14.7. The number of ether oxygens (including phenoxy) is 1. The number of methoxy groups -OCH3 is 1. The Bertz CT molecular complexity index is 1360. The molecule has 2 aliphatic heterocycles. The van der Waals surface area contributed by atoms with E-state index in [-0.39, 0.29) is 36.8 Å². The molecule has 3 N–H and O–H groups in total. The molecule has 3 aliphatic rings. The Hall–Kier alpha value is -3.30. The summed E-state index contributed by atoms with van der Waals surface area (Å²) in [6.07, 6.45) is 4.78. The lowest BCUT2D eigenvalue weighted by atomic mass is 9.68. The number of carbonyl (C=O) groups is 2. The molecule has 4 atom stereocenters. The van der Waals surface area contributed by atoms with Crippen LogP contribution in [0.3, 0.4) is 0 Å². The van der Waals surface area contributed by atoms with E-state index in [1.54, 1.807) is 25.3 Å². The van der Waals surface area contributed by atoms with Crippen molar-refractivity contribution >= 4 is 17.9 Å². The molecule has 2 heterocycles. The molecule has 2 fully saturated rings. The third-order valence-electron chi connectivity index (χ3n) is 9.70. The van der Waals surface area contributed by atoms with Crippen molar-refractivity contribution in [2.75, 3.05) is 33.4 Å². The number of aromatic hydroxyl groups is 1. The van der Waals surface area contributed by atoms with Gasteiger partial charge in [0.05, 0.1) is 31.2 Å². The summed E-state index contributed by atoms with van der Waals surface area (Å²) in [5.74, 6) is -2.00. The third kappa shape index (κ3) is 6.99. The van der Waals surface area contributed by atoms with Gasteiger partial charge in [0.2, 0.25) is 11.8 Å². The predicted molar refractivity (Wildman–Crippen MR) is 169 cm³/mol. The summed E-state index contributed by atoms with van der Waals surface area (Å²) < 4.78 is 5.50. The van der Waals surface area contributed by atoms with Crippen molar-refractivity contribution in [1.29, 1.82) is 0 Å². The highest BCUT2D eigenvalue weighted by Gasteiger charge is 2.56. The smallest absolute Gasteiger partial charge is 0.234 e. The number of hydrogen-bond acceptors (Lipinski definition) is 7. The molecular weight excluding hydrogens is 556 g/mol. The van der Waals surface area contributed by atoms with Gasteiger partial charge < -0.3 is 20.1 Å². The number of carbonyl (C=O) groups excluding carboxylic acids is 2. The van der Waals surface area contributed by atoms with Crippen LogP contribution in [0.4, 0.5) is 0 Å². The molecule has 8 nitrogen and oxygen atoms in total. The fraction of sp³-hybridized carbons (Fsp3) is 0.500. The highest BCUT2D eigenvalue weighted by atomic mass is 16.5. The normalized spacial score (nSPS) is 24.2. The molecule has 5 rings (SSSR count). The average molecular weight is 603 g/mol. The number of allylic oxidation sites excluding steroid dienone is 1. The molecule has 2 saturated heterocycles. The van der Waals surface area contributed by atoms with Crippen molar-refractivity contribution in [3.05, 3.63) is 82.4 Å². The zero-order valence-electron chi connectivity index (χ0n) is 25.9. The molecule has 0 aromatic heterocycles. The molecule has 2 aromatic rings. The quantitative estimate of drug-likeness (QED) is 0.242. The zero-order valence-corrected chi connectivity index (χ0v) is 25.9. The number of likely N-dealkylation sites (tertiary alicyclic amines) is 2. The maximum atomic E-state index is 14.0. The van der Waals surface area contributed by atoms with Gasteiger partial charge >= 0.3 is 0 Å². The third-order valence-corrected chi connectivity index (χ3v) is 9.70. The van der Waals surface area contributed by atoms with Crippen molar-refractivity contribution in [2.45, 2.75) is 64.1 Å². The Labute approximate surface area is 260 Å². The van der Waals surface area contributed by atoms with Gasteiger partial charge in [0.1, 0.15) is 5.75 Å². The first-order valence-electron chi connectivity index (χ1n) is 16.0. The van der Waals surface area contributed by atoms with Gasteiger partial charge in [-0.3, -0.25) is 19.4 Å². The Balaban J connectivity index is 1.29. The molecule has 44 heavy (non-hydrogen) atoms. The van der Waals surface area contributed by atoms with Crippen molar-refractivity contribution in [1.82, 2.24) is 9.80 Å². The minimum Gasteiger partial charge on any atom is -0.508 e. The Kier molecular flexibility index (Phi) is 10.7. The van der Waals surface area contributed by atoms with Gasteiger partial charge in [0.15, 0.2) is 0 Å². The van der Waals surface area contributed by atoms with Crippen molar-refractivity contribution in [2.24, 2.45) is 17.8 Å². The van der Waals surface area contributed by atoms with Crippen LogP contribution in [-0.2, 0) is 20.9 Å². The molecule has 8 heteroatoms. The highest BCUT2D eigenvalue weighted by Crippen LogP contribution is 2.47. The van der Waals surface area contributed by atoms with Crippen LogP contribution >= 0.6 is 0 Å². The second-order valence-electron chi connectivity index (χ2n) is 12.5. The van der Waals surface area contributed by atoms with Crippen LogP contribution < -0.4 is 0 Å². The Morgan fingerprint density at radius 2 is 1.82 bits per heavy atom. The van der Waals surface area contributed by atoms with Crippen molar-refractivity contribution in [3.8, 4) is 5.75 Å². The molecule has 2 aromatic carbocycles. The van der Waals surface area contributed by atoms with E-state index in [9.17, 15) is 24.9 Å². The summed E-state index contributed by atoms with van der Waals surface area (Å²) >= 11 is 0. The van der Waals surface area contributed by atoms with Crippen LogP contribution in [0.25, 0.3) is 6.08 Å². The van der Waals surface area contributed by atoms with Crippen LogP contribution in [0.15, 0.2) is 71.3 Å². The van der Waals surface area contributed by atoms with E-state index in [4.69, 9.17) is 4.74 Å². The van der Waals surface area contributed by atoms with Crippen molar-refractivity contribution in [3.63, 3.8) is 0 Å². The number of fused-ring (bicyclic) bond motifs is 1. The van der Waals surface area contributed by atoms with E-state index >= 15 is 0 Å². The number of benzene rings is 2. The number of aliphatic hydroxyl groups is 2. The van der Waals surface area contributed by atoms with Gasteiger partial charge in [0.25, 0.3) is 0 Å². The lowest BCUT2D eigenvalue weighted by Crippen LogP contribution is -2.47. The number of phenols is 1. The standard InChI is InChI=1S/C36H46N2O6/c1-3-24(18-26-10-7-11-29(40)19-26)12-13-32(41)33-27(23-44-2)20-30-34(31(33)22-39)36(43)38(35(30)42)28-14-16-37(17-15-28)21-25-8-5-4-6-9-25/h4-11,18-19,28,30-32,34,39-41H,3,12-17,20-23H2,1-2H3/b24-18+/t30-,31+,32-,34-/m1/s1. The van der Waals surface area contributed by atoms with Gasteiger partial charge in [-0.2, -0.15) is 0 Å². The second-order valence-corrected chi connectivity index (χ2v) is 12.5.